The van der Waals surface area contributed by atoms with Gasteiger partial charge in [-0.25, -0.2) is 0 Å². The maximum absolute atomic E-state index is 12.6. The van der Waals surface area contributed by atoms with Gasteiger partial charge in [0.1, 0.15) is 11.5 Å². The van der Waals surface area contributed by atoms with Crippen molar-refractivity contribution in [3.63, 3.8) is 0 Å². The van der Waals surface area contributed by atoms with Gasteiger partial charge in [-0.15, -0.1) is 0 Å². The standard InChI is InChI=1S/C16H21OS/c1-11-9-18(10-12(11)2)15-8-7-13-5-3-4-6-14(13)16(15)17/h3-6,11-12,15H,7-10H2,1-2H3/q+1. The molecule has 96 valence electrons. The second kappa shape index (κ2) is 4.73. The fourth-order valence-electron chi connectivity index (χ4n) is 3.19. The minimum atomic E-state index is 0.326. The maximum Gasteiger partial charge on any atom is 0.215 e. The SMILES string of the molecule is CC1C[S+](C2CCc3ccccc3C2=O)CC1C. The van der Waals surface area contributed by atoms with Crippen molar-refractivity contribution in [1.82, 2.24) is 0 Å². The molecule has 0 bridgehead atoms. The van der Waals surface area contributed by atoms with Crippen molar-refractivity contribution >= 4 is 16.7 Å². The summed E-state index contributed by atoms with van der Waals surface area (Å²) in [4.78, 5) is 12.6. The minimum absolute atomic E-state index is 0.326. The predicted molar refractivity (Wildman–Crippen MR) is 78.3 cm³/mol. The number of fused-ring (bicyclic) bond motifs is 1. The molecule has 1 heterocycles. The van der Waals surface area contributed by atoms with Crippen molar-refractivity contribution in [3.8, 4) is 0 Å². The van der Waals surface area contributed by atoms with Crippen LogP contribution < -0.4 is 0 Å². The largest absolute Gasteiger partial charge is 0.288 e. The summed E-state index contributed by atoms with van der Waals surface area (Å²) in [6.07, 6.45) is 2.18. The summed E-state index contributed by atoms with van der Waals surface area (Å²) in [5.74, 6) is 4.59. The van der Waals surface area contributed by atoms with Crippen molar-refractivity contribution in [1.29, 1.82) is 0 Å². The molecule has 1 nitrogen and oxygen atoms in total. The van der Waals surface area contributed by atoms with Crippen LogP contribution in [0.25, 0.3) is 0 Å². The molecule has 0 radical (unpaired) electrons. The van der Waals surface area contributed by atoms with Crippen LogP contribution in [0.5, 0.6) is 0 Å². The van der Waals surface area contributed by atoms with Gasteiger partial charge >= 0.3 is 0 Å². The highest BCUT2D eigenvalue weighted by Crippen LogP contribution is 2.34. The molecular weight excluding hydrogens is 240 g/mol. The Labute approximate surface area is 112 Å². The Morgan fingerprint density at radius 2 is 1.78 bits per heavy atom. The van der Waals surface area contributed by atoms with E-state index >= 15 is 0 Å². The zero-order valence-corrected chi connectivity index (χ0v) is 12.0. The summed E-state index contributed by atoms with van der Waals surface area (Å²) in [5, 5.41) is 0.326. The summed E-state index contributed by atoms with van der Waals surface area (Å²) in [5.41, 5.74) is 2.27. The molecule has 1 saturated heterocycles. The van der Waals surface area contributed by atoms with Crippen molar-refractivity contribution in [2.24, 2.45) is 11.8 Å². The minimum Gasteiger partial charge on any atom is -0.288 e. The van der Waals surface area contributed by atoms with Gasteiger partial charge in [0.05, 0.1) is 0 Å². The van der Waals surface area contributed by atoms with Crippen LogP contribution in [0, 0.1) is 11.8 Å². The van der Waals surface area contributed by atoms with Gasteiger partial charge < -0.3 is 0 Å². The first-order valence-corrected chi connectivity index (χ1v) is 8.58. The quantitative estimate of drug-likeness (QED) is 0.710. The average Bonchev–Trinajstić information content (AvgIpc) is 2.70. The smallest absolute Gasteiger partial charge is 0.215 e. The zero-order chi connectivity index (χ0) is 12.7. The zero-order valence-electron chi connectivity index (χ0n) is 11.2. The topological polar surface area (TPSA) is 17.1 Å². The lowest BCUT2D eigenvalue weighted by atomic mass is 9.90. The van der Waals surface area contributed by atoms with Gasteiger partial charge in [-0.05, 0) is 22.9 Å². The highest BCUT2D eigenvalue weighted by atomic mass is 32.2. The first kappa shape index (κ1) is 12.3. The lowest BCUT2D eigenvalue weighted by Gasteiger charge is -2.22. The molecule has 0 spiro atoms. The Morgan fingerprint density at radius 3 is 2.50 bits per heavy atom. The van der Waals surface area contributed by atoms with Crippen LogP contribution in [0.3, 0.4) is 0 Å². The molecule has 18 heavy (non-hydrogen) atoms. The molecular formula is C16H21OS+. The first-order valence-electron chi connectivity index (χ1n) is 6.95. The van der Waals surface area contributed by atoms with Crippen molar-refractivity contribution < 1.29 is 4.79 Å². The monoisotopic (exact) mass is 261 g/mol. The van der Waals surface area contributed by atoms with Gasteiger partial charge in [-0.3, -0.25) is 4.79 Å². The van der Waals surface area contributed by atoms with E-state index < -0.39 is 0 Å². The molecule has 1 aliphatic heterocycles. The number of ketones is 1. The Hall–Kier alpha value is -0.760. The van der Waals surface area contributed by atoms with E-state index in [1.807, 2.05) is 12.1 Å². The van der Waals surface area contributed by atoms with E-state index in [0.717, 1.165) is 30.2 Å². The van der Waals surface area contributed by atoms with Gasteiger partial charge in [0.25, 0.3) is 0 Å². The number of carbonyl (C=O) groups is 1. The third-order valence-corrected chi connectivity index (χ3v) is 7.74. The number of benzene rings is 1. The van der Waals surface area contributed by atoms with E-state index in [-0.39, 0.29) is 0 Å². The number of aryl methyl sites for hydroxylation is 1. The molecule has 1 fully saturated rings. The molecule has 2 heteroatoms. The number of hydrogen-bond acceptors (Lipinski definition) is 1. The summed E-state index contributed by atoms with van der Waals surface area (Å²) in [7, 11) is 0.339. The average molecular weight is 261 g/mol. The molecule has 1 aliphatic carbocycles. The van der Waals surface area contributed by atoms with Gasteiger partial charge in [0.15, 0.2) is 5.25 Å². The van der Waals surface area contributed by atoms with Gasteiger partial charge in [0.2, 0.25) is 5.78 Å². The number of carbonyl (C=O) groups excluding carboxylic acids is 1. The summed E-state index contributed by atoms with van der Waals surface area (Å²) in [6, 6.07) is 8.19. The molecule has 0 aromatic heterocycles. The van der Waals surface area contributed by atoms with Crippen molar-refractivity contribution in [2.45, 2.75) is 31.9 Å². The van der Waals surface area contributed by atoms with Crippen molar-refractivity contribution in [2.75, 3.05) is 11.5 Å². The molecule has 1 aromatic rings. The van der Waals surface area contributed by atoms with Gasteiger partial charge in [0, 0.05) is 23.8 Å². The molecule has 0 N–H and O–H groups in total. The second-order valence-electron chi connectivity index (χ2n) is 5.87. The van der Waals surface area contributed by atoms with Gasteiger partial charge in [-0.2, -0.15) is 0 Å². The number of Topliss-reactive ketones (excluding diaryl/α,β-unsaturated/α-hetero) is 1. The molecule has 3 unspecified atom stereocenters. The fourth-order valence-corrected chi connectivity index (χ4v) is 6.68. The number of rotatable bonds is 1. The molecule has 0 amide bonds. The van der Waals surface area contributed by atoms with Crippen LogP contribution in [-0.4, -0.2) is 22.5 Å². The van der Waals surface area contributed by atoms with E-state index in [9.17, 15) is 4.79 Å². The Kier molecular flexibility index (Phi) is 3.23. The van der Waals surface area contributed by atoms with Gasteiger partial charge in [-0.1, -0.05) is 38.1 Å². The van der Waals surface area contributed by atoms with Crippen LogP contribution in [0.1, 0.15) is 36.2 Å². The van der Waals surface area contributed by atoms with Crippen LogP contribution in [0.2, 0.25) is 0 Å². The summed E-state index contributed by atoms with van der Waals surface area (Å²) < 4.78 is 0. The number of hydrogen-bond donors (Lipinski definition) is 0. The van der Waals surface area contributed by atoms with Crippen LogP contribution in [0.4, 0.5) is 0 Å². The second-order valence-corrected chi connectivity index (χ2v) is 8.18. The lowest BCUT2D eigenvalue weighted by molar-refractivity contribution is 0.0978. The van der Waals surface area contributed by atoms with E-state index in [4.69, 9.17) is 0 Å². The molecule has 1 aromatic carbocycles. The van der Waals surface area contributed by atoms with E-state index in [2.05, 4.69) is 26.0 Å². The molecule has 2 aliphatic rings. The van der Waals surface area contributed by atoms with E-state index in [1.165, 1.54) is 17.1 Å². The third kappa shape index (κ3) is 2.01. The maximum atomic E-state index is 12.6. The van der Waals surface area contributed by atoms with Crippen molar-refractivity contribution in [3.05, 3.63) is 35.4 Å². The first-order chi connectivity index (χ1) is 8.66. The Morgan fingerprint density at radius 1 is 1.11 bits per heavy atom. The van der Waals surface area contributed by atoms with Crippen LogP contribution in [0.15, 0.2) is 24.3 Å². The Bertz CT molecular complexity index is 458. The fraction of sp³-hybridized carbons (Fsp3) is 0.562. The van der Waals surface area contributed by atoms with E-state index in [0.29, 0.717) is 21.9 Å². The Balaban J connectivity index is 1.83. The lowest BCUT2D eigenvalue weighted by Crippen LogP contribution is -2.36. The molecule has 0 saturated carbocycles. The summed E-state index contributed by atoms with van der Waals surface area (Å²) in [6.45, 7) is 4.69. The van der Waals surface area contributed by atoms with E-state index in [1.54, 1.807) is 0 Å². The highest BCUT2D eigenvalue weighted by Gasteiger charge is 2.46. The molecule has 3 atom stereocenters. The predicted octanol–water partition coefficient (Wildman–Crippen LogP) is 3.09. The molecule has 3 rings (SSSR count). The third-order valence-electron chi connectivity index (χ3n) is 4.58. The highest BCUT2D eigenvalue weighted by molar-refractivity contribution is 7.98. The van der Waals surface area contributed by atoms with Crippen LogP contribution >= 0.6 is 0 Å². The van der Waals surface area contributed by atoms with Crippen LogP contribution in [-0.2, 0) is 17.3 Å². The summed E-state index contributed by atoms with van der Waals surface area (Å²) >= 11 is 0. The normalized spacial score (nSPS) is 35.6.